The Bertz CT molecular complexity index is 639. The first-order chi connectivity index (χ1) is 9.91. The van der Waals surface area contributed by atoms with E-state index in [4.69, 9.17) is 9.47 Å². The van der Waals surface area contributed by atoms with E-state index in [0.717, 1.165) is 19.1 Å². The molecule has 0 atom stereocenters. The molecule has 0 bridgehead atoms. The fourth-order valence-corrected chi connectivity index (χ4v) is 2.15. The number of sulfonamides is 1. The molecule has 7 nitrogen and oxygen atoms in total. The number of aliphatic imine (C=N–C) groups is 1. The van der Waals surface area contributed by atoms with Crippen LogP contribution in [0.4, 0.5) is 5.69 Å². The molecule has 2 N–H and O–H groups in total. The summed E-state index contributed by atoms with van der Waals surface area (Å²) in [6, 6.07) is 5.39. The van der Waals surface area contributed by atoms with Crippen LogP contribution in [-0.4, -0.2) is 40.9 Å². The van der Waals surface area contributed by atoms with E-state index in [-0.39, 0.29) is 12.0 Å². The number of benzene rings is 1. The zero-order chi connectivity index (χ0) is 15.5. The van der Waals surface area contributed by atoms with Crippen molar-refractivity contribution in [3.8, 4) is 11.5 Å². The summed E-state index contributed by atoms with van der Waals surface area (Å²) in [5.74, 6) is 1.36. The summed E-state index contributed by atoms with van der Waals surface area (Å²) in [7, 11) is -0.300. The van der Waals surface area contributed by atoms with Crippen LogP contribution < -0.4 is 19.5 Å². The molecular formula is C13H19N3O4S. The average Bonchev–Trinajstić information content (AvgIpc) is 3.20. The number of nitrogens with one attached hydrogen (secondary N) is 2. The molecule has 1 aliphatic carbocycles. The molecule has 0 aliphatic heterocycles. The molecule has 0 radical (unpaired) electrons. The molecule has 0 amide bonds. The fourth-order valence-electron chi connectivity index (χ4n) is 1.70. The van der Waals surface area contributed by atoms with Crippen LogP contribution >= 0.6 is 0 Å². The normalized spacial score (nSPS) is 15.5. The highest BCUT2D eigenvalue weighted by Crippen LogP contribution is 2.30. The first-order valence-electron chi connectivity index (χ1n) is 6.46. The summed E-state index contributed by atoms with van der Waals surface area (Å²) in [6.45, 7) is 0. The molecule has 2 rings (SSSR count). The van der Waals surface area contributed by atoms with Gasteiger partial charge in [-0.1, -0.05) is 0 Å². The second kappa shape index (κ2) is 6.21. The van der Waals surface area contributed by atoms with Crippen molar-refractivity contribution in [3.05, 3.63) is 18.2 Å². The van der Waals surface area contributed by atoms with E-state index in [9.17, 15) is 8.42 Å². The van der Waals surface area contributed by atoms with Crippen LogP contribution in [0.1, 0.15) is 12.8 Å². The van der Waals surface area contributed by atoms with Crippen molar-refractivity contribution in [2.45, 2.75) is 18.9 Å². The van der Waals surface area contributed by atoms with E-state index in [1.807, 2.05) is 0 Å². The summed E-state index contributed by atoms with van der Waals surface area (Å²) < 4.78 is 35.5. The molecule has 1 aromatic carbocycles. The number of rotatable bonds is 5. The van der Waals surface area contributed by atoms with Gasteiger partial charge in [-0.15, -0.1) is 0 Å². The number of hydrogen-bond donors (Lipinski definition) is 2. The van der Waals surface area contributed by atoms with Crippen LogP contribution in [0, 0.1) is 0 Å². The van der Waals surface area contributed by atoms with Gasteiger partial charge >= 0.3 is 0 Å². The van der Waals surface area contributed by atoms with Gasteiger partial charge in [0.25, 0.3) is 0 Å². The predicted octanol–water partition coefficient (Wildman–Crippen LogP) is 1.18. The lowest BCUT2D eigenvalue weighted by molar-refractivity contribution is 0.355. The maximum absolute atomic E-state index is 11.4. The van der Waals surface area contributed by atoms with E-state index >= 15 is 0 Å². The summed E-state index contributed by atoms with van der Waals surface area (Å²) in [5.41, 5.74) is 0.656. The molecule has 116 valence electrons. The molecule has 0 spiro atoms. The van der Waals surface area contributed by atoms with Crippen molar-refractivity contribution in [3.63, 3.8) is 0 Å². The highest BCUT2D eigenvalue weighted by molar-refractivity contribution is 7.89. The lowest BCUT2D eigenvalue weighted by Crippen LogP contribution is -2.35. The van der Waals surface area contributed by atoms with E-state index in [0.29, 0.717) is 17.2 Å². The van der Waals surface area contributed by atoms with Gasteiger partial charge in [0.15, 0.2) is 11.5 Å². The molecule has 0 aromatic heterocycles. The molecule has 1 saturated carbocycles. The first-order valence-corrected chi connectivity index (χ1v) is 8.35. The van der Waals surface area contributed by atoms with E-state index in [1.54, 1.807) is 25.3 Å². The summed E-state index contributed by atoms with van der Waals surface area (Å²) in [5, 5.41) is 2.96. The molecule has 21 heavy (non-hydrogen) atoms. The molecule has 8 heteroatoms. The van der Waals surface area contributed by atoms with Gasteiger partial charge in [0.05, 0.1) is 26.5 Å². The van der Waals surface area contributed by atoms with Gasteiger partial charge in [0, 0.05) is 11.8 Å². The van der Waals surface area contributed by atoms with E-state index in [2.05, 4.69) is 15.0 Å². The van der Waals surface area contributed by atoms with Gasteiger partial charge in [-0.3, -0.25) is 4.72 Å². The molecule has 1 fully saturated rings. The summed E-state index contributed by atoms with van der Waals surface area (Å²) in [4.78, 5) is 4.31. The number of guanidine groups is 1. The maximum Gasteiger partial charge on any atom is 0.232 e. The second-order valence-electron chi connectivity index (χ2n) is 4.78. The highest BCUT2D eigenvalue weighted by atomic mass is 32.2. The lowest BCUT2D eigenvalue weighted by atomic mass is 10.3. The van der Waals surface area contributed by atoms with Gasteiger partial charge in [-0.25, -0.2) is 13.4 Å². The standard InChI is InChI=1S/C13H19N3O4S/c1-19-11-7-6-10(8-12(11)20-2)15-13(14-9-4-5-9)16-21(3,17)18/h6-9H,4-5H2,1-3H3,(H2,14,15,16). The van der Waals surface area contributed by atoms with E-state index in [1.165, 1.54) is 7.11 Å². The van der Waals surface area contributed by atoms with Gasteiger partial charge < -0.3 is 14.8 Å². The third kappa shape index (κ3) is 4.82. The van der Waals surface area contributed by atoms with Crippen molar-refractivity contribution >= 4 is 21.7 Å². The van der Waals surface area contributed by atoms with Crippen LogP contribution in [0.5, 0.6) is 11.5 Å². The number of ether oxygens (including phenoxy) is 2. The summed E-state index contributed by atoms with van der Waals surface area (Å²) in [6.07, 6.45) is 3.04. The Morgan fingerprint density at radius 1 is 1.24 bits per heavy atom. The third-order valence-electron chi connectivity index (χ3n) is 2.79. The minimum absolute atomic E-state index is 0.182. The number of nitrogens with zero attached hydrogens (tertiary/aromatic N) is 1. The van der Waals surface area contributed by atoms with Gasteiger partial charge in [0.2, 0.25) is 16.0 Å². The lowest BCUT2D eigenvalue weighted by Gasteiger charge is -2.13. The van der Waals surface area contributed by atoms with E-state index < -0.39 is 10.0 Å². The Morgan fingerprint density at radius 3 is 2.43 bits per heavy atom. The fraction of sp³-hybridized carbons (Fsp3) is 0.462. The van der Waals surface area contributed by atoms with Crippen molar-refractivity contribution in [2.75, 3.05) is 25.8 Å². The molecule has 0 unspecified atom stereocenters. The van der Waals surface area contributed by atoms with Crippen molar-refractivity contribution in [2.24, 2.45) is 4.99 Å². The van der Waals surface area contributed by atoms with Gasteiger partial charge in [-0.05, 0) is 25.0 Å². The number of anilines is 1. The third-order valence-corrected chi connectivity index (χ3v) is 3.35. The van der Waals surface area contributed by atoms with Crippen LogP contribution in [0.3, 0.4) is 0 Å². The average molecular weight is 313 g/mol. The summed E-state index contributed by atoms with van der Waals surface area (Å²) >= 11 is 0. The highest BCUT2D eigenvalue weighted by Gasteiger charge is 2.22. The van der Waals surface area contributed by atoms with Crippen LogP contribution in [0.15, 0.2) is 23.2 Å². The Morgan fingerprint density at radius 2 is 1.90 bits per heavy atom. The zero-order valence-electron chi connectivity index (χ0n) is 12.2. The molecule has 0 saturated heterocycles. The number of hydrogen-bond acceptors (Lipinski definition) is 5. The Balaban J connectivity index is 2.20. The van der Waals surface area contributed by atoms with Gasteiger partial charge in [0.1, 0.15) is 0 Å². The topological polar surface area (TPSA) is 89.0 Å². The van der Waals surface area contributed by atoms with Crippen LogP contribution in [-0.2, 0) is 10.0 Å². The minimum atomic E-state index is -3.39. The molecular weight excluding hydrogens is 294 g/mol. The smallest absolute Gasteiger partial charge is 0.232 e. The van der Waals surface area contributed by atoms with Crippen molar-refractivity contribution in [1.82, 2.24) is 4.72 Å². The second-order valence-corrected chi connectivity index (χ2v) is 6.53. The Kier molecular flexibility index (Phi) is 4.56. The molecule has 1 aliphatic rings. The SMILES string of the molecule is COc1ccc(NC(=NC2CC2)NS(C)(=O)=O)cc1OC. The minimum Gasteiger partial charge on any atom is -0.493 e. The van der Waals surface area contributed by atoms with Gasteiger partial charge in [-0.2, -0.15) is 0 Å². The Labute approximate surface area is 124 Å². The van der Waals surface area contributed by atoms with Crippen LogP contribution in [0.2, 0.25) is 0 Å². The molecule has 0 heterocycles. The first kappa shape index (κ1) is 15.4. The quantitative estimate of drug-likeness (QED) is 0.629. The maximum atomic E-state index is 11.4. The Hall–Kier alpha value is -1.96. The number of methoxy groups -OCH3 is 2. The van der Waals surface area contributed by atoms with Crippen LogP contribution in [0.25, 0.3) is 0 Å². The van der Waals surface area contributed by atoms with Crippen molar-refractivity contribution in [1.29, 1.82) is 0 Å². The van der Waals surface area contributed by atoms with Crippen molar-refractivity contribution < 1.29 is 17.9 Å². The predicted molar refractivity (Wildman–Crippen MR) is 81.6 cm³/mol. The largest absolute Gasteiger partial charge is 0.493 e. The monoisotopic (exact) mass is 313 g/mol. The molecule has 1 aromatic rings. The zero-order valence-corrected chi connectivity index (χ0v) is 13.0.